The molecule has 0 unspecified atom stereocenters. The van der Waals surface area contributed by atoms with Gasteiger partial charge in [0.05, 0.1) is 6.61 Å². The first kappa shape index (κ1) is 11.0. The van der Waals surface area contributed by atoms with Gasteiger partial charge in [0, 0.05) is 17.5 Å². The van der Waals surface area contributed by atoms with E-state index in [4.69, 9.17) is 4.74 Å². The van der Waals surface area contributed by atoms with Crippen molar-refractivity contribution < 1.29 is 9.53 Å². The molecule has 0 spiro atoms. The highest BCUT2D eigenvalue weighted by atomic mass is 16.5. The van der Waals surface area contributed by atoms with Gasteiger partial charge in [-0.15, -0.1) is 0 Å². The van der Waals surface area contributed by atoms with Crippen LogP contribution in [0.4, 0.5) is 5.69 Å². The molecule has 0 bridgehead atoms. The Morgan fingerprint density at radius 3 is 2.81 bits per heavy atom. The van der Waals surface area contributed by atoms with Crippen LogP contribution in [0.3, 0.4) is 0 Å². The van der Waals surface area contributed by atoms with Crippen LogP contribution < -0.4 is 10.1 Å². The topological polar surface area (TPSA) is 38.3 Å². The SMILES string of the molecule is CC(C)(C)C(=O)Nc1ccc2c(c1)CCO2. The molecule has 16 heavy (non-hydrogen) atoms. The van der Waals surface area contributed by atoms with Crippen LogP contribution in [-0.4, -0.2) is 12.5 Å². The summed E-state index contributed by atoms with van der Waals surface area (Å²) in [7, 11) is 0. The second-order valence-electron chi connectivity index (χ2n) is 5.13. The second kappa shape index (κ2) is 3.81. The Hall–Kier alpha value is -1.51. The molecule has 2 rings (SSSR count). The van der Waals surface area contributed by atoms with Gasteiger partial charge in [0.2, 0.25) is 5.91 Å². The summed E-state index contributed by atoms with van der Waals surface area (Å²) in [6.07, 6.45) is 0.925. The van der Waals surface area contributed by atoms with Gasteiger partial charge in [-0.3, -0.25) is 4.79 Å². The van der Waals surface area contributed by atoms with Crippen LogP contribution in [0.25, 0.3) is 0 Å². The van der Waals surface area contributed by atoms with Gasteiger partial charge in [-0.05, 0) is 23.8 Å². The summed E-state index contributed by atoms with van der Waals surface area (Å²) in [5.41, 5.74) is 1.66. The smallest absolute Gasteiger partial charge is 0.229 e. The highest BCUT2D eigenvalue weighted by Gasteiger charge is 2.21. The Kier molecular flexibility index (Phi) is 2.62. The van der Waals surface area contributed by atoms with Gasteiger partial charge >= 0.3 is 0 Å². The van der Waals surface area contributed by atoms with Crippen LogP contribution in [0.5, 0.6) is 5.75 Å². The Labute approximate surface area is 95.8 Å². The van der Waals surface area contributed by atoms with E-state index in [1.165, 1.54) is 5.56 Å². The maximum absolute atomic E-state index is 11.8. The summed E-state index contributed by atoms with van der Waals surface area (Å²) in [5, 5.41) is 2.92. The monoisotopic (exact) mass is 219 g/mol. The number of hydrogen-bond donors (Lipinski definition) is 1. The Balaban J connectivity index is 2.14. The van der Waals surface area contributed by atoms with Crippen LogP contribution in [0, 0.1) is 5.41 Å². The normalized spacial score (nSPS) is 14.2. The van der Waals surface area contributed by atoms with Gasteiger partial charge in [0.1, 0.15) is 5.75 Å². The number of anilines is 1. The zero-order chi connectivity index (χ0) is 11.8. The third-order valence-corrected chi connectivity index (χ3v) is 2.63. The van der Waals surface area contributed by atoms with Crippen molar-refractivity contribution in [2.24, 2.45) is 5.41 Å². The number of carbonyl (C=O) groups excluding carboxylic acids is 1. The van der Waals surface area contributed by atoms with Crippen molar-refractivity contribution in [3.05, 3.63) is 23.8 Å². The molecule has 3 nitrogen and oxygen atoms in total. The molecule has 1 amide bonds. The molecule has 86 valence electrons. The van der Waals surface area contributed by atoms with E-state index in [9.17, 15) is 4.79 Å². The highest BCUT2D eigenvalue weighted by Crippen LogP contribution is 2.28. The Morgan fingerprint density at radius 1 is 1.38 bits per heavy atom. The van der Waals surface area contributed by atoms with E-state index < -0.39 is 0 Å². The van der Waals surface area contributed by atoms with Crippen molar-refractivity contribution in [1.82, 2.24) is 0 Å². The number of amides is 1. The molecule has 0 aliphatic carbocycles. The number of hydrogen-bond acceptors (Lipinski definition) is 2. The number of nitrogens with one attached hydrogen (secondary N) is 1. The van der Waals surface area contributed by atoms with Crippen molar-refractivity contribution in [1.29, 1.82) is 0 Å². The number of fused-ring (bicyclic) bond motifs is 1. The molecule has 0 fully saturated rings. The predicted molar refractivity (Wildman–Crippen MR) is 63.7 cm³/mol. The first-order chi connectivity index (χ1) is 7.47. The van der Waals surface area contributed by atoms with Gasteiger partial charge in [-0.2, -0.15) is 0 Å². The van der Waals surface area contributed by atoms with Gasteiger partial charge in [0.15, 0.2) is 0 Å². The number of carbonyl (C=O) groups is 1. The standard InChI is InChI=1S/C13H17NO2/c1-13(2,3)12(15)14-10-4-5-11-9(8-10)6-7-16-11/h4-5,8H,6-7H2,1-3H3,(H,14,15). The van der Waals surface area contributed by atoms with E-state index >= 15 is 0 Å². The van der Waals surface area contributed by atoms with Gasteiger partial charge in [-0.1, -0.05) is 20.8 Å². The molecule has 1 aromatic carbocycles. The summed E-state index contributed by atoms with van der Waals surface area (Å²) in [5.74, 6) is 0.972. The van der Waals surface area contributed by atoms with Crippen LogP contribution in [0.15, 0.2) is 18.2 Å². The number of rotatable bonds is 1. The quantitative estimate of drug-likeness (QED) is 0.788. The molecule has 3 heteroatoms. The largest absolute Gasteiger partial charge is 0.493 e. The van der Waals surface area contributed by atoms with E-state index in [0.717, 1.165) is 24.5 Å². The van der Waals surface area contributed by atoms with Gasteiger partial charge < -0.3 is 10.1 Å². The molecule has 1 aliphatic rings. The van der Waals surface area contributed by atoms with E-state index in [2.05, 4.69) is 5.32 Å². The zero-order valence-electron chi connectivity index (χ0n) is 9.96. The minimum Gasteiger partial charge on any atom is -0.493 e. The Bertz CT molecular complexity index is 418. The molecule has 0 radical (unpaired) electrons. The summed E-state index contributed by atoms with van der Waals surface area (Å²) in [4.78, 5) is 11.8. The molecular weight excluding hydrogens is 202 g/mol. The van der Waals surface area contributed by atoms with Crippen molar-refractivity contribution in [3.8, 4) is 5.75 Å². The molecule has 1 N–H and O–H groups in total. The van der Waals surface area contributed by atoms with Crippen LogP contribution in [0.2, 0.25) is 0 Å². The van der Waals surface area contributed by atoms with E-state index in [1.807, 2.05) is 39.0 Å². The third-order valence-electron chi connectivity index (χ3n) is 2.63. The van der Waals surface area contributed by atoms with Gasteiger partial charge in [0.25, 0.3) is 0 Å². The second-order valence-corrected chi connectivity index (χ2v) is 5.13. The third kappa shape index (κ3) is 2.18. The molecule has 1 aliphatic heterocycles. The van der Waals surface area contributed by atoms with E-state index in [0.29, 0.717) is 0 Å². The van der Waals surface area contributed by atoms with Crippen LogP contribution in [-0.2, 0) is 11.2 Å². The van der Waals surface area contributed by atoms with Crippen LogP contribution in [0.1, 0.15) is 26.3 Å². The van der Waals surface area contributed by atoms with Crippen molar-refractivity contribution >= 4 is 11.6 Å². The maximum Gasteiger partial charge on any atom is 0.229 e. The molecule has 1 heterocycles. The van der Waals surface area contributed by atoms with Crippen LogP contribution >= 0.6 is 0 Å². The average molecular weight is 219 g/mol. The fourth-order valence-corrected chi connectivity index (χ4v) is 1.58. The lowest BCUT2D eigenvalue weighted by molar-refractivity contribution is -0.123. The summed E-state index contributed by atoms with van der Waals surface area (Å²) in [6, 6.07) is 5.79. The maximum atomic E-state index is 11.8. The van der Waals surface area contributed by atoms with Crippen molar-refractivity contribution in [3.63, 3.8) is 0 Å². The van der Waals surface area contributed by atoms with Gasteiger partial charge in [-0.25, -0.2) is 0 Å². The first-order valence-electron chi connectivity index (χ1n) is 5.54. The lowest BCUT2D eigenvalue weighted by Gasteiger charge is -2.17. The summed E-state index contributed by atoms with van der Waals surface area (Å²) >= 11 is 0. The highest BCUT2D eigenvalue weighted by molar-refractivity contribution is 5.94. The molecular formula is C13H17NO2. The predicted octanol–water partition coefficient (Wildman–Crippen LogP) is 2.61. The van der Waals surface area contributed by atoms with Crippen molar-refractivity contribution in [2.45, 2.75) is 27.2 Å². The van der Waals surface area contributed by atoms with E-state index in [1.54, 1.807) is 0 Å². The fraction of sp³-hybridized carbons (Fsp3) is 0.462. The lowest BCUT2D eigenvalue weighted by Crippen LogP contribution is -2.27. The first-order valence-corrected chi connectivity index (χ1v) is 5.54. The zero-order valence-corrected chi connectivity index (χ0v) is 9.96. The number of ether oxygens (including phenoxy) is 1. The minimum atomic E-state index is -0.366. The summed E-state index contributed by atoms with van der Waals surface area (Å²) < 4.78 is 5.41. The van der Waals surface area contributed by atoms with Crippen molar-refractivity contribution in [2.75, 3.05) is 11.9 Å². The Morgan fingerprint density at radius 2 is 2.12 bits per heavy atom. The lowest BCUT2D eigenvalue weighted by atomic mass is 9.95. The molecule has 0 saturated carbocycles. The molecule has 0 atom stereocenters. The fourth-order valence-electron chi connectivity index (χ4n) is 1.58. The molecule has 0 saturated heterocycles. The summed E-state index contributed by atoms with van der Waals surface area (Å²) in [6.45, 7) is 6.45. The molecule has 1 aromatic rings. The minimum absolute atomic E-state index is 0.0337. The molecule has 0 aromatic heterocycles. The average Bonchev–Trinajstić information content (AvgIpc) is 2.63. The number of benzene rings is 1. The van der Waals surface area contributed by atoms with E-state index in [-0.39, 0.29) is 11.3 Å².